The quantitative estimate of drug-likeness (QED) is 0.908. The van der Waals surface area contributed by atoms with Crippen LogP contribution < -0.4 is 0 Å². The van der Waals surface area contributed by atoms with Gasteiger partial charge < -0.3 is 5.11 Å². The van der Waals surface area contributed by atoms with Crippen molar-refractivity contribution in [3.05, 3.63) is 30.1 Å². The monoisotopic (exact) mass is 271 g/mol. The minimum Gasteiger partial charge on any atom is -0.392 e. The molecule has 4 saturated carbocycles. The predicted octanol–water partition coefficient (Wildman–Crippen LogP) is 3.76. The molecule has 1 aromatic rings. The van der Waals surface area contributed by atoms with E-state index in [9.17, 15) is 5.11 Å². The van der Waals surface area contributed by atoms with Crippen LogP contribution in [0.2, 0.25) is 0 Å². The molecule has 2 unspecified atom stereocenters. The van der Waals surface area contributed by atoms with Crippen molar-refractivity contribution in [3.8, 4) is 0 Å². The number of aliphatic hydroxyl groups is 1. The summed E-state index contributed by atoms with van der Waals surface area (Å²) in [4.78, 5) is 4.47. The Morgan fingerprint density at radius 3 is 2.20 bits per heavy atom. The van der Waals surface area contributed by atoms with Crippen LogP contribution in [-0.4, -0.2) is 16.2 Å². The van der Waals surface area contributed by atoms with Crippen molar-refractivity contribution in [2.45, 2.75) is 57.5 Å². The molecule has 2 heteroatoms. The Kier molecular flexibility index (Phi) is 2.92. The molecule has 0 radical (unpaired) electrons. The van der Waals surface area contributed by atoms with Crippen LogP contribution in [0.5, 0.6) is 0 Å². The fourth-order valence-electron chi connectivity index (χ4n) is 5.88. The van der Waals surface area contributed by atoms with Gasteiger partial charge in [0.1, 0.15) is 0 Å². The summed E-state index contributed by atoms with van der Waals surface area (Å²) in [5.74, 6) is 2.85. The molecule has 1 N–H and O–H groups in total. The Bertz CT molecular complexity index is 448. The highest BCUT2D eigenvalue weighted by atomic mass is 16.3. The molecule has 0 aliphatic heterocycles. The van der Waals surface area contributed by atoms with Crippen molar-refractivity contribution in [1.82, 2.24) is 4.98 Å². The van der Waals surface area contributed by atoms with Crippen LogP contribution in [0.15, 0.2) is 24.4 Å². The summed E-state index contributed by atoms with van der Waals surface area (Å²) in [6.07, 6.45) is 9.72. The van der Waals surface area contributed by atoms with Crippen LogP contribution in [0.3, 0.4) is 0 Å². The van der Waals surface area contributed by atoms with Crippen molar-refractivity contribution in [3.63, 3.8) is 0 Å². The second kappa shape index (κ2) is 4.56. The molecule has 4 aliphatic rings. The van der Waals surface area contributed by atoms with Crippen LogP contribution in [0.4, 0.5) is 0 Å². The van der Waals surface area contributed by atoms with Gasteiger partial charge >= 0.3 is 0 Å². The first-order chi connectivity index (χ1) is 9.66. The van der Waals surface area contributed by atoms with Crippen molar-refractivity contribution in [2.75, 3.05) is 0 Å². The number of rotatable bonds is 3. The minimum atomic E-state index is -0.217. The number of aromatic nitrogens is 1. The average Bonchev–Trinajstić information content (AvgIpc) is 2.45. The molecule has 4 aliphatic carbocycles. The van der Waals surface area contributed by atoms with Gasteiger partial charge in [0.2, 0.25) is 0 Å². The molecule has 0 saturated heterocycles. The van der Waals surface area contributed by atoms with Gasteiger partial charge in [0, 0.05) is 17.8 Å². The zero-order valence-corrected chi connectivity index (χ0v) is 12.3. The highest BCUT2D eigenvalue weighted by molar-refractivity contribution is 5.14. The van der Waals surface area contributed by atoms with Gasteiger partial charge in [-0.2, -0.15) is 0 Å². The maximum absolute atomic E-state index is 11.1. The smallest absolute Gasteiger partial charge is 0.0677 e. The van der Waals surface area contributed by atoms with Crippen molar-refractivity contribution >= 4 is 0 Å². The summed E-state index contributed by atoms with van der Waals surface area (Å²) in [5, 5.41) is 11.1. The molecular formula is C18H25NO. The summed E-state index contributed by atoms with van der Waals surface area (Å²) in [5.41, 5.74) is 1.25. The van der Waals surface area contributed by atoms with Gasteiger partial charge in [-0.05, 0) is 73.8 Å². The van der Waals surface area contributed by atoms with E-state index in [0.717, 1.165) is 23.4 Å². The molecule has 0 spiro atoms. The minimum absolute atomic E-state index is 0.160. The molecule has 1 aromatic heterocycles. The first-order valence-electron chi connectivity index (χ1n) is 8.25. The summed E-state index contributed by atoms with van der Waals surface area (Å²) in [7, 11) is 0. The summed E-state index contributed by atoms with van der Waals surface area (Å²) in [6.45, 7) is 2.16. The molecule has 20 heavy (non-hydrogen) atoms. The topological polar surface area (TPSA) is 33.1 Å². The highest BCUT2D eigenvalue weighted by Crippen LogP contribution is 2.62. The summed E-state index contributed by atoms with van der Waals surface area (Å²) < 4.78 is 0. The highest BCUT2D eigenvalue weighted by Gasteiger charge is 2.55. The van der Waals surface area contributed by atoms with E-state index in [1.807, 2.05) is 18.3 Å². The van der Waals surface area contributed by atoms with Gasteiger partial charge in [0.05, 0.1) is 6.10 Å². The fraction of sp³-hybridized carbons (Fsp3) is 0.722. The van der Waals surface area contributed by atoms with Crippen LogP contribution in [0, 0.1) is 23.2 Å². The Hall–Kier alpha value is -0.890. The molecule has 0 amide bonds. The fourth-order valence-corrected chi connectivity index (χ4v) is 5.88. The molecule has 2 atom stereocenters. The van der Waals surface area contributed by atoms with Gasteiger partial charge in [-0.25, -0.2) is 0 Å². The summed E-state index contributed by atoms with van der Waals surface area (Å²) >= 11 is 0. The Balaban J connectivity index is 1.60. The Morgan fingerprint density at radius 2 is 1.70 bits per heavy atom. The lowest BCUT2D eigenvalue weighted by molar-refractivity contribution is -0.126. The van der Waals surface area contributed by atoms with Crippen molar-refractivity contribution < 1.29 is 5.11 Å². The average molecular weight is 271 g/mol. The lowest BCUT2D eigenvalue weighted by Gasteiger charge is -2.59. The van der Waals surface area contributed by atoms with E-state index in [4.69, 9.17) is 0 Å². The standard InChI is InChI=1S/C18H25NO/c1-12(16-4-2-3-5-19-16)17(20)18-9-13-6-14(10-18)8-15(7-13)11-18/h2-5,12-15,17,20H,6-11H2,1H3. The van der Waals surface area contributed by atoms with Crippen molar-refractivity contribution in [1.29, 1.82) is 0 Å². The molecule has 4 bridgehead atoms. The number of nitrogens with zero attached hydrogens (tertiary/aromatic N) is 1. The van der Waals surface area contributed by atoms with Gasteiger partial charge in [-0.1, -0.05) is 13.0 Å². The largest absolute Gasteiger partial charge is 0.392 e. The number of hydrogen-bond acceptors (Lipinski definition) is 2. The second-order valence-electron chi connectivity index (χ2n) is 7.77. The number of aliphatic hydroxyl groups excluding tert-OH is 1. The van der Waals surface area contributed by atoms with E-state index in [1.54, 1.807) is 0 Å². The SMILES string of the molecule is CC(c1ccccn1)C(O)C12CC3CC(CC(C3)C1)C2. The van der Waals surface area contributed by atoms with Gasteiger partial charge in [0.25, 0.3) is 0 Å². The van der Waals surface area contributed by atoms with Crippen molar-refractivity contribution in [2.24, 2.45) is 23.2 Å². The van der Waals surface area contributed by atoms with E-state index in [2.05, 4.69) is 18.0 Å². The second-order valence-corrected chi connectivity index (χ2v) is 7.77. The van der Waals surface area contributed by atoms with Crippen LogP contribution in [0.1, 0.15) is 57.1 Å². The maximum Gasteiger partial charge on any atom is 0.0677 e. The normalized spacial score (nSPS) is 41.6. The molecule has 5 rings (SSSR count). The predicted molar refractivity (Wildman–Crippen MR) is 79.3 cm³/mol. The van der Waals surface area contributed by atoms with E-state index < -0.39 is 0 Å². The van der Waals surface area contributed by atoms with E-state index >= 15 is 0 Å². The van der Waals surface area contributed by atoms with Crippen LogP contribution in [0.25, 0.3) is 0 Å². The first kappa shape index (κ1) is 12.8. The lowest BCUT2D eigenvalue weighted by Crippen LogP contribution is -2.53. The lowest BCUT2D eigenvalue weighted by atomic mass is 9.47. The van der Waals surface area contributed by atoms with E-state index in [-0.39, 0.29) is 17.4 Å². The third-order valence-electron chi connectivity index (χ3n) is 6.34. The van der Waals surface area contributed by atoms with Crippen LogP contribution >= 0.6 is 0 Å². The van der Waals surface area contributed by atoms with Gasteiger partial charge in [0.15, 0.2) is 0 Å². The molecule has 1 heterocycles. The summed E-state index contributed by atoms with van der Waals surface area (Å²) in [6, 6.07) is 6.05. The zero-order valence-electron chi connectivity index (χ0n) is 12.3. The Morgan fingerprint density at radius 1 is 1.10 bits per heavy atom. The van der Waals surface area contributed by atoms with Gasteiger partial charge in [-0.15, -0.1) is 0 Å². The number of pyridine rings is 1. The third kappa shape index (κ3) is 1.92. The first-order valence-corrected chi connectivity index (χ1v) is 8.25. The molecular weight excluding hydrogens is 246 g/mol. The Labute approximate surface area is 121 Å². The molecule has 2 nitrogen and oxygen atoms in total. The molecule has 108 valence electrons. The van der Waals surface area contributed by atoms with E-state index in [0.29, 0.717) is 0 Å². The maximum atomic E-state index is 11.1. The molecule has 4 fully saturated rings. The van der Waals surface area contributed by atoms with Crippen LogP contribution in [-0.2, 0) is 0 Å². The van der Waals surface area contributed by atoms with Gasteiger partial charge in [-0.3, -0.25) is 4.98 Å². The number of hydrogen-bond donors (Lipinski definition) is 1. The molecule has 0 aromatic carbocycles. The zero-order chi connectivity index (χ0) is 13.7. The third-order valence-corrected chi connectivity index (χ3v) is 6.34. The van der Waals surface area contributed by atoms with E-state index in [1.165, 1.54) is 38.5 Å².